The third-order valence-corrected chi connectivity index (χ3v) is 6.41. The van der Waals surface area contributed by atoms with E-state index >= 15 is 0 Å². The van der Waals surface area contributed by atoms with E-state index in [9.17, 15) is 23.5 Å². The number of carboxylic acid groups (broad SMARTS) is 1. The number of carboxylic acids is 1. The van der Waals surface area contributed by atoms with Crippen LogP contribution in [0.4, 0.5) is 13.6 Å². The molecule has 0 heterocycles. The van der Waals surface area contributed by atoms with Crippen molar-refractivity contribution in [3.63, 3.8) is 0 Å². The van der Waals surface area contributed by atoms with Crippen LogP contribution in [0.25, 0.3) is 0 Å². The molecule has 0 fully saturated rings. The fourth-order valence-corrected chi connectivity index (χ4v) is 4.11. The van der Waals surface area contributed by atoms with Gasteiger partial charge in [-0.1, -0.05) is 36.4 Å². The van der Waals surface area contributed by atoms with Gasteiger partial charge in [-0.05, 0) is 72.9 Å². The zero-order valence-electron chi connectivity index (χ0n) is 23.8. The summed E-state index contributed by atoms with van der Waals surface area (Å²) < 4.78 is 43.1. The Morgan fingerprint density at radius 3 is 2.07 bits per heavy atom. The van der Waals surface area contributed by atoms with Crippen molar-refractivity contribution in [1.82, 2.24) is 10.2 Å². The van der Waals surface area contributed by atoms with Gasteiger partial charge in [0, 0.05) is 32.7 Å². The van der Waals surface area contributed by atoms with Gasteiger partial charge < -0.3 is 29.5 Å². The molecule has 8 nitrogen and oxygen atoms in total. The molecule has 1 atom stereocenters. The first-order chi connectivity index (χ1) is 20.3. The van der Waals surface area contributed by atoms with E-state index in [-0.39, 0.29) is 37.2 Å². The van der Waals surface area contributed by atoms with Crippen LogP contribution in [0.1, 0.15) is 36.5 Å². The third-order valence-electron chi connectivity index (χ3n) is 6.41. The largest absolute Gasteiger partial charge is 0.492 e. The van der Waals surface area contributed by atoms with Crippen molar-refractivity contribution in [3.8, 4) is 5.75 Å². The molecular weight excluding hydrogens is 546 g/mol. The number of nitrogens with zero attached hydrogens (tertiary/aromatic N) is 1. The predicted octanol–water partition coefficient (Wildman–Crippen LogP) is 5.58. The molecule has 0 spiro atoms. The number of aliphatic carboxylic acids is 1. The first kappa shape index (κ1) is 32.5. The van der Waals surface area contributed by atoms with Gasteiger partial charge in [0.2, 0.25) is 0 Å². The molecule has 0 radical (unpaired) electrons. The van der Waals surface area contributed by atoms with Gasteiger partial charge in [-0.2, -0.15) is 0 Å². The van der Waals surface area contributed by atoms with Crippen molar-refractivity contribution in [1.29, 1.82) is 0 Å². The van der Waals surface area contributed by atoms with E-state index in [0.717, 1.165) is 23.1 Å². The van der Waals surface area contributed by atoms with Crippen LogP contribution in [0.3, 0.4) is 0 Å². The van der Waals surface area contributed by atoms with Crippen LogP contribution in [-0.4, -0.2) is 61.0 Å². The molecule has 3 rings (SSSR count). The molecule has 1 unspecified atom stereocenters. The lowest BCUT2D eigenvalue weighted by molar-refractivity contribution is -0.149. The van der Waals surface area contributed by atoms with Crippen LogP contribution in [0.5, 0.6) is 5.75 Å². The second kappa shape index (κ2) is 17.7. The van der Waals surface area contributed by atoms with Gasteiger partial charge >= 0.3 is 12.0 Å². The minimum Gasteiger partial charge on any atom is -0.492 e. The minimum absolute atomic E-state index is 0.249. The van der Waals surface area contributed by atoms with Crippen LogP contribution in [0, 0.1) is 11.6 Å². The summed E-state index contributed by atoms with van der Waals surface area (Å²) in [5.41, 5.74) is 2.48. The topological polar surface area (TPSA) is 97.3 Å². The maximum Gasteiger partial charge on any atom is 0.333 e. The first-order valence-electron chi connectivity index (χ1n) is 14.0. The molecule has 0 aliphatic rings. The van der Waals surface area contributed by atoms with Crippen molar-refractivity contribution in [2.24, 2.45) is 0 Å². The van der Waals surface area contributed by atoms with E-state index in [1.807, 2.05) is 0 Å². The zero-order chi connectivity index (χ0) is 30.2. The average molecular weight is 585 g/mol. The van der Waals surface area contributed by atoms with Crippen LogP contribution < -0.4 is 10.1 Å². The van der Waals surface area contributed by atoms with Gasteiger partial charge in [-0.3, -0.25) is 0 Å². The molecule has 0 bridgehead atoms. The number of hydrogen-bond donors (Lipinski definition) is 2. The van der Waals surface area contributed by atoms with Crippen molar-refractivity contribution in [2.75, 3.05) is 32.9 Å². The maximum absolute atomic E-state index is 13.2. The number of nitrogens with one attached hydrogen (secondary N) is 1. The number of carbonyl (C=O) groups is 2. The van der Waals surface area contributed by atoms with E-state index in [4.69, 9.17) is 14.2 Å². The first-order valence-corrected chi connectivity index (χ1v) is 14.0. The summed E-state index contributed by atoms with van der Waals surface area (Å²) in [6.45, 7) is 4.27. The number of carbonyl (C=O) groups excluding carboxylic acids is 1. The highest BCUT2D eigenvalue weighted by molar-refractivity contribution is 5.74. The monoisotopic (exact) mass is 584 g/mol. The Labute approximate surface area is 245 Å². The number of ether oxygens (including phenoxy) is 3. The highest BCUT2D eigenvalue weighted by atomic mass is 19.1. The molecule has 2 N–H and O–H groups in total. The molecule has 226 valence electrons. The quantitative estimate of drug-likeness (QED) is 0.189. The Kier molecular flexibility index (Phi) is 13.7. The van der Waals surface area contributed by atoms with Gasteiger partial charge in [0.05, 0.1) is 13.2 Å². The van der Waals surface area contributed by atoms with E-state index in [0.29, 0.717) is 45.1 Å². The lowest BCUT2D eigenvalue weighted by Crippen LogP contribution is -2.42. The maximum atomic E-state index is 13.2. The lowest BCUT2D eigenvalue weighted by atomic mass is 10.1. The average Bonchev–Trinajstić information content (AvgIpc) is 2.99. The van der Waals surface area contributed by atoms with Crippen LogP contribution >= 0.6 is 0 Å². The van der Waals surface area contributed by atoms with E-state index in [2.05, 4.69) is 5.32 Å². The standard InChI is InChI=1S/C32H38F2N2O6/c1-2-41-30(31(37)38)21-24-9-15-29(16-10-24)42-20-18-36(32(39)35-22-25-5-11-27(33)12-6-25)17-3-4-19-40-23-26-7-13-28(34)14-8-26/h5-16,30H,2-4,17-23H2,1H3,(H,35,39)(H,37,38). The Hall–Kier alpha value is -4.02. The van der Waals surface area contributed by atoms with Crippen molar-refractivity contribution < 1.29 is 37.7 Å². The Bertz CT molecular complexity index is 1220. The van der Waals surface area contributed by atoms with E-state index in [1.165, 1.54) is 24.3 Å². The third kappa shape index (κ3) is 11.8. The number of urea groups is 1. The van der Waals surface area contributed by atoms with Crippen molar-refractivity contribution in [3.05, 3.63) is 101 Å². The minimum atomic E-state index is -1.01. The van der Waals surface area contributed by atoms with Crippen LogP contribution in [0.2, 0.25) is 0 Å². The normalized spacial score (nSPS) is 11.6. The summed E-state index contributed by atoms with van der Waals surface area (Å²) >= 11 is 0. The Morgan fingerprint density at radius 2 is 1.45 bits per heavy atom. The summed E-state index contributed by atoms with van der Waals surface area (Å²) in [7, 11) is 0. The number of benzene rings is 3. The lowest BCUT2D eigenvalue weighted by Gasteiger charge is -2.23. The molecule has 2 amide bonds. The molecule has 0 aromatic heterocycles. The fraction of sp³-hybridized carbons (Fsp3) is 0.375. The van der Waals surface area contributed by atoms with Crippen LogP contribution in [-0.2, 0) is 33.8 Å². The van der Waals surface area contributed by atoms with Gasteiger partial charge in [-0.25, -0.2) is 18.4 Å². The Balaban J connectivity index is 1.47. The second-order valence-electron chi connectivity index (χ2n) is 9.64. The molecule has 3 aromatic rings. The second-order valence-corrected chi connectivity index (χ2v) is 9.64. The highest BCUT2D eigenvalue weighted by Crippen LogP contribution is 2.15. The number of rotatable bonds is 18. The van der Waals surface area contributed by atoms with Crippen molar-refractivity contribution >= 4 is 12.0 Å². The van der Waals surface area contributed by atoms with Crippen molar-refractivity contribution in [2.45, 2.75) is 45.4 Å². The summed E-state index contributed by atoms with van der Waals surface area (Å²) in [6, 6.07) is 19.0. The van der Waals surface area contributed by atoms with Gasteiger partial charge in [0.15, 0.2) is 6.10 Å². The molecule has 0 saturated heterocycles. The smallest absolute Gasteiger partial charge is 0.333 e. The SMILES string of the molecule is CCOC(Cc1ccc(OCCN(CCCCOCc2ccc(F)cc2)C(=O)NCc2ccc(F)cc2)cc1)C(=O)O. The molecule has 42 heavy (non-hydrogen) atoms. The number of amides is 2. The summed E-state index contributed by atoms with van der Waals surface area (Å²) in [5.74, 6) is -1.03. The Morgan fingerprint density at radius 1 is 0.833 bits per heavy atom. The summed E-state index contributed by atoms with van der Waals surface area (Å²) in [5, 5.41) is 12.2. The van der Waals surface area contributed by atoms with Gasteiger partial charge in [0.25, 0.3) is 0 Å². The molecule has 0 aliphatic heterocycles. The number of halogens is 2. The highest BCUT2D eigenvalue weighted by Gasteiger charge is 2.18. The summed E-state index contributed by atoms with van der Waals surface area (Å²) in [6.07, 6.45) is 0.771. The predicted molar refractivity (Wildman–Crippen MR) is 154 cm³/mol. The molecule has 0 aliphatic carbocycles. The molecular formula is C32H38F2N2O6. The van der Waals surface area contributed by atoms with E-state index in [1.54, 1.807) is 60.4 Å². The van der Waals surface area contributed by atoms with Gasteiger partial charge in [-0.15, -0.1) is 0 Å². The molecule has 0 saturated carbocycles. The zero-order valence-corrected chi connectivity index (χ0v) is 23.8. The van der Waals surface area contributed by atoms with Crippen LogP contribution in [0.15, 0.2) is 72.8 Å². The number of hydrogen-bond acceptors (Lipinski definition) is 5. The fourth-order valence-electron chi connectivity index (χ4n) is 4.11. The van der Waals surface area contributed by atoms with E-state index < -0.39 is 12.1 Å². The molecule has 10 heteroatoms. The number of unbranched alkanes of at least 4 members (excludes halogenated alkanes) is 1. The molecule has 3 aromatic carbocycles. The summed E-state index contributed by atoms with van der Waals surface area (Å²) in [4.78, 5) is 26.0. The van der Waals surface area contributed by atoms with Gasteiger partial charge in [0.1, 0.15) is 24.0 Å².